The number of hydrogen-bond donors (Lipinski definition) is 1. The number of halogens is 1. The zero-order chi connectivity index (χ0) is 15.2. The summed E-state index contributed by atoms with van der Waals surface area (Å²) in [5, 5.41) is 0. The number of ether oxygens (including phenoxy) is 1. The lowest BCUT2D eigenvalue weighted by Crippen LogP contribution is -2.30. The number of rotatable bonds is 3. The second-order valence-corrected chi connectivity index (χ2v) is 8.56. The van der Waals surface area contributed by atoms with E-state index in [0.29, 0.717) is 40.8 Å². The molecule has 1 aliphatic carbocycles. The molecule has 1 saturated heterocycles. The van der Waals surface area contributed by atoms with Gasteiger partial charge in [-0.2, -0.15) is 4.31 Å². The van der Waals surface area contributed by atoms with Gasteiger partial charge in [0.05, 0.1) is 7.11 Å². The minimum atomic E-state index is -3.56. The van der Waals surface area contributed by atoms with E-state index in [1.54, 1.807) is 10.4 Å². The van der Waals surface area contributed by atoms with E-state index in [9.17, 15) is 8.42 Å². The fourth-order valence-electron chi connectivity index (χ4n) is 3.44. The molecule has 2 unspecified atom stereocenters. The fraction of sp³-hybridized carbons (Fsp3) is 0.571. The molecule has 3 rings (SSSR count). The highest BCUT2D eigenvalue weighted by Crippen LogP contribution is 2.41. The number of nitrogens with zero attached hydrogens (tertiary/aromatic N) is 1. The summed E-state index contributed by atoms with van der Waals surface area (Å²) in [6.45, 7) is 1.23. The number of anilines is 1. The summed E-state index contributed by atoms with van der Waals surface area (Å²) in [5.41, 5.74) is 6.24. The van der Waals surface area contributed by atoms with Gasteiger partial charge < -0.3 is 10.5 Å². The summed E-state index contributed by atoms with van der Waals surface area (Å²) >= 11 is 3.30. The molecule has 21 heavy (non-hydrogen) atoms. The van der Waals surface area contributed by atoms with E-state index in [1.165, 1.54) is 19.6 Å². The van der Waals surface area contributed by atoms with Gasteiger partial charge in [-0.05, 0) is 52.7 Å². The summed E-state index contributed by atoms with van der Waals surface area (Å²) in [6, 6.07) is 3.09. The number of nitrogen functional groups attached to an aromatic ring is 1. The third kappa shape index (κ3) is 2.55. The predicted molar refractivity (Wildman–Crippen MR) is 84.7 cm³/mol. The molecule has 1 aliphatic heterocycles. The molecule has 1 aromatic rings. The molecule has 0 spiro atoms. The number of hydrogen-bond acceptors (Lipinski definition) is 4. The molecule has 1 heterocycles. The SMILES string of the molecule is COc1cc(Br)c(N)cc1S(=O)(=O)N1CC2CCCC2C1. The monoisotopic (exact) mass is 374 g/mol. The zero-order valence-electron chi connectivity index (χ0n) is 11.9. The third-order valence-corrected chi connectivity index (χ3v) is 7.13. The highest BCUT2D eigenvalue weighted by molar-refractivity contribution is 9.10. The van der Waals surface area contributed by atoms with Gasteiger partial charge in [0.15, 0.2) is 0 Å². The normalized spacial score (nSPS) is 26.0. The van der Waals surface area contributed by atoms with Crippen molar-refractivity contribution in [2.45, 2.75) is 24.2 Å². The standard InChI is InChI=1S/C14H19BrN2O3S/c1-20-13-5-11(15)12(16)6-14(13)21(18,19)17-7-9-3-2-4-10(9)8-17/h5-6,9-10H,2-4,7-8,16H2,1H3. The van der Waals surface area contributed by atoms with E-state index >= 15 is 0 Å². The summed E-state index contributed by atoms with van der Waals surface area (Å²) in [4.78, 5) is 0.158. The first-order chi connectivity index (χ1) is 9.93. The van der Waals surface area contributed by atoms with Crippen molar-refractivity contribution >= 4 is 31.6 Å². The summed E-state index contributed by atoms with van der Waals surface area (Å²) in [5.74, 6) is 1.35. The lowest BCUT2D eigenvalue weighted by molar-refractivity contribution is 0.395. The Labute approximate surface area is 133 Å². The predicted octanol–water partition coefficient (Wildman–Crippen LogP) is 2.46. The molecule has 1 saturated carbocycles. The van der Waals surface area contributed by atoms with Crippen LogP contribution in [0, 0.1) is 11.8 Å². The molecule has 0 bridgehead atoms. The van der Waals surface area contributed by atoms with Crippen LogP contribution in [0.25, 0.3) is 0 Å². The van der Waals surface area contributed by atoms with Crippen LogP contribution in [0.5, 0.6) is 5.75 Å². The van der Waals surface area contributed by atoms with Crippen molar-refractivity contribution in [1.29, 1.82) is 0 Å². The van der Waals surface area contributed by atoms with Gasteiger partial charge in [0.2, 0.25) is 10.0 Å². The fourth-order valence-corrected chi connectivity index (χ4v) is 5.49. The van der Waals surface area contributed by atoms with Crippen molar-refractivity contribution in [2.24, 2.45) is 11.8 Å². The van der Waals surface area contributed by atoms with Crippen molar-refractivity contribution < 1.29 is 13.2 Å². The van der Waals surface area contributed by atoms with Crippen LogP contribution in [0.2, 0.25) is 0 Å². The quantitative estimate of drug-likeness (QED) is 0.824. The summed E-state index contributed by atoms with van der Waals surface area (Å²) in [7, 11) is -2.09. The van der Waals surface area contributed by atoms with Crippen molar-refractivity contribution in [3.8, 4) is 5.75 Å². The first kappa shape index (κ1) is 15.1. The van der Waals surface area contributed by atoms with Crippen LogP contribution in [0.15, 0.2) is 21.5 Å². The molecule has 0 radical (unpaired) electrons. The second kappa shape index (κ2) is 5.44. The van der Waals surface area contributed by atoms with E-state index in [2.05, 4.69) is 15.9 Å². The topological polar surface area (TPSA) is 72.6 Å². The maximum atomic E-state index is 12.9. The Kier molecular flexibility index (Phi) is 3.92. The van der Waals surface area contributed by atoms with E-state index in [-0.39, 0.29) is 4.90 Å². The van der Waals surface area contributed by atoms with Crippen LogP contribution < -0.4 is 10.5 Å². The van der Waals surface area contributed by atoms with E-state index < -0.39 is 10.0 Å². The number of fused-ring (bicyclic) bond motifs is 1. The minimum absolute atomic E-state index is 0.158. The Morgan fingerprint density at radius 2 is 1.90 bits per heavy atom. The van der Waals surface area contributed by atoms with Crippen LogP contribution in [0.4, 0.5) is 5.69 Å². The molecule has 2 atom stereocenters. The molecule has 2 aliphatic rings. The van der Waals surface area contributed by atoms with Gasteiger partial charge in [-0.1, -0.05) is 6.42 Å². The molecular weight excluding hydrogens is 356 g/mol. The molecule has 116 valence electrons. The van der Waals surface area contributed by atoms with Gasteiger partial charge in [-0.3, -0.25) is 0 Å². The Morgan fingerprint density at radius 3 is 2.48 bits per heavy atom. The van der Waals surface area contributed by atoms with Crippen LogP contribution in [-0.2, 0) is 10.0 Å². The number of sulfonamides is 1. The minimum Gasteiger partial charge on any atom is -0.495 e. The number of benzene rings is 1. The van der Waals surface area contributed by atoms with E-state index in [0.717, 1.165) is 12.8 Å². The van der Waals surface area contributed by atoms with Gasteiger partial charge in [0.1, 0.15) is 10.6 Å². The van der Waals surface area contributed by atoms with Gasteiger partial charge in [-0.15, -0.1) is 0 Å². The number of nitrogens with two attached hydrogens (primary N) is 1. The largest absolute Gasteiger partial charge is 0.495 e. The summed E-state index contributed by atoms with van der Waals surface area (Å²) < 4.78 is 33.2. The van der Waals surface area contributed by atoms with Crippen molar-refractivity contribution in [1.82, 2.24) is 4.31 Å². The van der Waals surface area contributed by atoms with E-state index in [1.807, 2.05) is 0 Å². The molecule has 0 amide bonds. The van der Waals surface area contributed by atoms with Gasteiger partial charge in [0, 0.05) is 23.2 Å². The Morgan fingerprint density at radius 1 is 1.29 bits per heavy atom. The van der Waals surface area contributed by atoms with E-state index in [4.69, 9.17) is 10.5 Å². The Bertz CT molecular complexity index is 650. The highest BCUT2D eigenvalue weighted by Gasteiger charge is 2.42. The average Bonchev–Trinajstić information content (AvgIpc) is 3.02. The van der Waals surface area contributed by atoms with Crippen LogP contribution in [0.1, 0.15) is 19.3 Å². The molecule has 7 heteroatoms. The summed E-state index contributed by atoms with van der Waals surface area (Å²) in [6.07, 6.45) is 3.49. The lowest BCUT2D eigenvalue weighted by Gasteiger charge is -2.19. The smallest absolute Gasteiger partial charge is 0.246 e. The highest BCUT2D eigenvalue weighted by atomic mass is 79.9. The second-order valence-electron chi connectivity index (χ2n) is 5.80. The Hall–Kier alpha value is -0.790. The molecule has 0 aromatic heterocycles. The molecule has 2 fully saturated rings. The maximum absolute atomic E-state index is 12.9. The molecular formula is C14H19BrN2O3S. The zero-order valence-corrected chi connectivity index (χ0v) is 14.3. The third-order valence-electron chi connectivity index (χ3n) is 4.59. The van der Waals surface area contributed by atoms with Gasteiger partial charge >= 0.3 is 0 Å². The Balaban J connectivity index is 1.97. The maximum Gasteiger partial charge on any atom is 0.246 e. The molecule has 2 N–H and O–H groups in total. The van der Waals surface area contributed by atoms with Crippen LogP contribution >= 0.6 is 15.9 Å². The van der Waals surface area contributed by atoms with Crippen LogP contribution in [0.3, 0.4) is 0 Å². The molecule has 5 nitrogen and oxygen atoms in total. The lowest BCUT2D eigenvalue weighted by atomic mass is 10.0. The average molecular weight is 375 g/mol. The van der Waals surface area contributed by atoms with Crippen molar-refractivity contribution in [3.63, 3.8) is 0 Å². The number of methoxy groups -OCH3 is 1. The molecule has 1 aromatic carbocycles. The first-order valence-electron chi connectivity index (χ1n) is 7.06. The van der Waals surface area contributed by atoms with Crippen molar-refractivity contribution in [2.75, 3.05) is 25.9 Å². The van der Waals surface area contributed by atoms with Gasteiger partial charge in [-0.25, -0.2) is 8.42 Å². The van der Waals surface area contributed by atoms with Crippen LogP contribution in [-0.4, -0.2) is 32.9 Å². The van der Waals surface area contributed by atoms with Crippen molar-refractivity contribution in [3.05, 3.63) is 16.6 Å². The first-order valence-corrected chi connectivity index (χ1v) is 9.30. The van der Waals surface area contributed by atoms with Gasteiger partial charge in [0.25, 0.3) is 0 Å².